The fourth-order valence-corrected chi connectivity index (χ4v) is 4.77. The van der Waals surface area contributed by atoms with Gasteiger partial charge in [0.1, 0.15) is 11.9 Å². The summed E-state index contributed by atoms with van der Waals surface area (Å²) < 4.78 is 6.09. The molecule has 0 radical (unpaired) electrons. The number of allylic oxidation sites excluding steroid dienone is 1. The molecule has 0 aromatic heterocycles. The summed E-state index contributed by atoms with van der Waals surface area (Å²) in [5.74, 6) is 0.0865. The Kier molecular flexibility index (Phi) is 4.95. The van der Waals surface area contributed by atoms with Crippen molar-refractivity contribution in [2.75, 3.05) is 0 Å². The molecule has 2 atom stereocenters. The van der Waals surface area contributed by atoms with Crippen LogP contribution in [-0.4, -0.2) is 17.2 Å². The molecule has 0 aliphatic heterocycles. The molecule has 0 spiro atoms. The second kappa shape index (κ2) is 7.27. The Morgan fingerprint density at radius 3 is 2.57 bits per heavy atom. The zero-order valence-electron chi connectivity index (χ0n) is 17.1. The average molecular weight is 379 g/mol. The van der Waals surface area contributed by atoms with Gasteiger partial charge in [0.25, 0.3) is 0 Å². The molecule has 0 saturated heterocycles. The molecular weight excluding hydrogens is 348 g/mol. The zero-order valence-corrected chi connectivity index (χ0v) is 17.1. The van der Waals surface area contributed by atoms with Crippen LogP contribution in [0.2, 0.25) is 0 Å². The number of benzene rings is 2. The Balaban J connectivity index is 1.86. The van der Waals surface area contributed by atoms with E-state index in [0.29, 0.717) is 5.75 Å². The summed E-state index contributed by atoms with van der Waals surface area (Å²) in [6.07, 6.45) is 6.18. The minimum atomic E-state index is -0.535. The van der Waals surface area contributed by atoms with Crippen molar-refractivity contribution in [1.82, 2.24) is 0 Å². The number of aromatic hydroxyl groups is 1. The van der Waals surface area contributed by atoms with E-state index in [1.165, 1.54) is 24.0 Å². The van der Waals surface area contributed by atoms with E-state index in [1.54, 1.807) is 6.07 Å². The fourth-order valence-electron chi connectivity index (χ4n) is 4.77. The first-order chi connectivity index (χ1) is 13.4. The third kappa shape index (κ3) is 3.43. The third-order valence-electron chi connectivity index (χ3n) is 6.24. The van der Waals surface area contributed by atoms with Crippen molar-refractivity contribution in [3.05, 3.63) is 53.1 Å². The van der Waals surface area contributed by atoms with Crippen molar-refractivity contribution in [3.63, 3.8) is 0 Å². The molecule has 0 bridgehead atoms. The van der Waals surface area contributed by atoms with Crippen LogP contribution in [0, 0.1) is 5.41 Å². The first-order valence-corrected chi connectivity index (χ1v) is 10.5. The van der Waals surface area contributed by atoms with E-state index < -0.39 is 5.41 Å². The van der Waals surface area contributed by atoms with Crippen LogP contribution < -0.4 is 0 Å². The Bertz CT molecular complexity index is 932. The SMILES string of the molecule is CC(C)(C)C(=O)OC1CCC2=C(CCCC2)C1c1c(O)ccc2ccccc12. The smallest absolute Gasteiger partial charge is 0.311 e. The quantitative estimate of drug-likeness (QED) is 0.496. The fraction of sp³-hybridized carbons (Fsp3) is 0.480. The molecule has 3 heteroatoms. The normalized spacial score (nSPS) is 22.8. The molecule has 2 aromatic carbocycles. The van der Waals surface area contributed by atoms with E-state index in [1.807, 2.05) is 39.0 Å². The summed E-state index contributed by atoms with van der Waals surface area (Å²) in [6.45, 7) is 5.69. The number of fused-ring (bicyclic) bond motifs is 1. The minimum absolute atomic E-state index is 0.0542. The highest BCUT2D eigenvalue weighted by atomic mass is 16.5. The highest BCUT2D eigenvalue weighted by molar-refractivity contribution is 5.89. The van der Waals surface area contributed by atoms with E-state index in [4.69, 9.17) is 4.74 Å². The molecule has 148 valence electrons. The molecule has 3 nitrogen and oxygen atoms in total. The first-order valence-electron chi connectivity index (χ1n) is 10.5. The summed E-state index contributed by atoms with van der Waals surface area (Å²) in [4.78, 5) is 12.7. The topological polar surface area (TPSA) is 46.5 Å². The molecule has 2 aliphatic rings. The lowest BCUT2D eigenvalue weighted by molar-refractivity contribution is -0.160. The molecular formula is C25H30O3. The summed E-state index contributed by atoms with van der Waals surface area (Å²) in [5, 5.41) is 13.1. The molecule has 2 aliphatic carbocycles. The van der Waals surface area contributed by atoms with Crippen LogP contribution in [0.1, 0.15) is 70.8 Å². The Morgan fingerprint density at radius 1 is 1.04 bits per heavy atom. The lowest BCUT2D eigenvalue weighted by Crippen LogP contribution is -2.35. The van der Waals surface area contributed by atoms with Crippen molar-refractivity contribution >= 4 is 16.7 Å². The van der Waals surface area contributed by atoms with E-state index in [-0.39, 0.29) is 18.0 Å². The third-order valence-corrected chi connectivity index (χ3v) is 6.24. The maximum Gasteiger partial charge on any atom is 0.311 e. The van der Waals surface area contributed by atoms with Gasteiger partial charge in [-0.15, -0.1) is 0 Å². The summed E-state index contributed by atoms with van der Waals surface area (Å²) in [5.41, 5.74) is 3.31. The second-order valence-corrected chi connectivity index (χ2v) is 9.27. The monoisotopic (exact) mass is 378 g/mol. The Morgan fingerprint density at radius 2 is 1.79 bits per heavy atom. The summed E-state index contributed by atoms with van der Waals surface area (Å²) in [6, 6.07) is 11.9. The number of carbonyl (C=O) groups excluding carboxylic acids is 1. The number of hydrogen-bond donors (Lipinski definition) is 1. The van der Waals surface area contributed by atoms with Crippen molar-refractivity contribution < 1.29 is 14.6 Å². The van der Waals surface area contributed by atoms with Gasteiger partial charge in [0.15, 0.2) is 0 Å². The van der Waals surface area contributed by atoms with Gasteiger partial charge in [-0.25, -0.2) is 0 Å². The maximum absolute atomic E-state index is 12.7. The van der Waals surface area contributed by atoms with E-state index in [0.717, 1.165) is 42.0 Å². The molecule has 4 rings (SSSR count). The molecule has 0 amide bonds. The molecule has 0 saturated carbocycles. The van der Waals surface area contributed by atoms with Crippen molar-refractivity contribution in [3.8, 4) is 5.75 Å². The standard InChI is InChI=1S/C25H30O3/c1-25(2,3)24(27)28-21-15-13-17-9-5-7-11-19(17)23(21)22-18-10-6-4-8-16(18)12-14-20(22)26/h4,6,8,10,12,14,21,23,26H,5,7,9,11,13,15H2,1-3H3. The lowest BCUT2D eigenvalue weighted by Gasteiger charge is -2.39. The highest BCUT2D eigenvalue weighted by Crippen LogP contribution is 2.49. The summed E-state index contributed by atoms with van der Waals surface area (Å²) in [7, 11) is 0. The van der Waals surface area contributed by atoms with Crippen molar-refractivity contribution in [2.45, 2.75) is 71.3 Å². The van der Waals surface area contributed by atoms with Gasteiger partial charge in [0.05, 0.1) is 5.41 Å². The van der Waals surface area contributed by atoms with E-state index >= 15 is 0 Å². The second-order valence-electron chi connectivity index (χ2n) is 9.27. The number of ether oxygens (including phenoxy) is 1. The molecule has 2 unspecified atom stereocenters. The van der Waals surface area contributed by atoms with Crippen LogP contribution in [0.25, 0.3) is 10.8 Å². The molecule has 0 fully saturated rings. The van der Waals surface area contributed by atoms with E-state index in [2.05, 4.69) is 12.1 Å². The number of phenolic OH excluding ortho intramolecular Hbond substituents is 1. The van der Waals surface area contributed by atoms with Gasteiger partial charge >= 0.3 is 5.97 Å². The molecule has 0 heterocycles. The zero-order chi connectivity index (χ0) is 19.9. The van der Waals surface area contributed by atoms with Crippen LogP contribution in [0.15, 0.2) is 47.5 Å². The van der Waals surface area contributed by atoms with Crippen molar-refractivity contribution in [1.29, 1.82) is 0 Å². The molecule has 2 aromatic rings. The van der Waals surface area contributed by atoms with Crippen molar-refractivity contribution in [2.24, 2.45) is 5.41 Å². The number of carbonyl (C=O) groups is 1. The summed E-state index contributed by atoms with van der Waals surface area (Å²) >= 11 is 0. The first kappa shape index (κ1) is 19.0. The van der Waals surface area contributed by atoms with Crippen LogP contribution in [0.4, 0.5) is 0 Å². The van der Waals surface area contributed by atoms with Gasteiger partial charge in [0, 0.05) is 11.5 Å². The van der Waals surface area contributed by atoms with Crippen LogP contribution in [0.3, 0.4) is 0 Å². The lowest BCUT2D eigenvalue weighted by atomic mass is 9.70. The molecule has 1 N–H and O–H groups in total. The Labute approximate surface area is 167 Å². The average Bonchev–Trinajstić information content (AvgIpc) is 2.68. The highest BCUT2D eigenvalue weighted by Gasteiger charge is 2.39. The largest absolute Gasteiger partial charge is 0.508 e. The number of esters is 1. The van der Waals surface area contributed by atoms with Gasteiger partial charge in [-0.2, -0.15) is 0 Å². The van der Waals surface area contributed by atoms with Gasteiger partial charge in [-0.3, -0.25) is 4.79 Å². The minimum Gasteiger partial charge on any atom is -0.508 e. The maximum atomic E-state index is 12.7. The predicted molar refractivity (Wildman–Crippen MR) is 112 cm³/mol. The van der Waals surface area contributed by atoms with Gasteiger partial charge in [-0.05, 0) is 76.1 Å². The van der Waals surface area contributed by atoms with Gasteiger partial charge in [-0.1, -0.05) is 41.5 Å². The number of hydrogen-bond acceptors (Lipinski definition) is 3. The van der Waals surface area contributed by atoms with Gasteiger partial charge < -0.3 is 9.84 Å². The predicted octanol–water partition coefficient (Wildman–Crippen LogP) is 6.25. The van der Waals surface area contributed by atoms with Gasteiger partial charge in [0.2, 0.25) is 0 Å². The molecule has 28 heavy (non-hydrogen) atoms. The van der Waals surface area contributed by atoms with Crippen LogP contribution in [-0.2, 0) is 9.53 Å². The Hall–Kier alpha value is -2.29. The van der Waals surface area contributed by atoms with E-state index in [9.17, 15) is 9.90 Å². The van der Waals surface area contributed by atoms with Crippen LogP contribution in [0.5, 0.6) is 5.75 Å². The number of rotatable bonds is 2. The number of phenols is 1. The van der Waals surface area contributed by atoms with Crippen LogP contribution >= 0.6 is 0 Å².